The van der Waals surface area contributed by atoms with Crippen LogP contribution in [0, 0.1) is 17.2 Å². The molecule has 1 aliphatic heterocycles. The molecule has 0 spiro atoms. The Bertz CT molecular complexity index is 154. The Kier molecular flexibility index (Phi) is 4.06. The Morgan fingerprint density at radius 3 is 2.67 bits per heavy atom. The number of nitrogens with zero attached hydrogens (tertiary/aromatic N) is 2. The molecular formula is C9H17N3. The normalized spacial score (nSPS) is 20.7. The molecule has 3 heteroatoms. The van der Waals surface area contributed by atoms with E-state index in [0.29, 0.717) is 6.54 Å². The molecule has 1 rings (SSSR count). The molecule has 68 valence electrons. The van der Waals surface area contributed by atoms with E-state index in [0.717, 1.165) is 25.6 Å². The molecule has 0 aromatic rings. The molecule has 0 unspecified atom stereocenters. The summed E-state index contributed by atoms with van der Waals surface area (Å²) in [5.74, 6) is 0.824. The quantitative estimate of drug-likeness (QED) is 0.620. The summed E-state index contributed by atoms with van der Waals surface area (Å²) < 4.78 is 0. The summed E-state index contributed by atoms with van der Waals surface area (Å²) in [5, 5.41) is 11.7. The standard InChI is InChI=1S/C9H17N3/c1-11-8-9-2-5-12(6-3-9)7-4-10/h9,11H,2-3,5-8H2,1H3. The molecule has 1 N–H and O–H groups in total. The minimum Gasteiger partial charge on any atom is -0.319 e. The van der Waals surface area contributed by atoms with Crippen molar-refractivity contribution in [3.63, 3.8) is 0 Å². The molecule has 1 heterocycles. The van der Waals surface area contributed by atoms with Crippen molar-refractivity contribution in [1.82, 2.24) is 10.2 Å². The fourth-order valence-corrected chi connectivity index (χ4v) is 1.74. The van der Waals surface area contributed by atoms with Crippen LogP contribution in [0.1, 0.15) is 12.8 Å². The van der Waals surface area contributed by atoms with E-state index in [9.17, 15) is 0 Å². The maximum Gasteiger partial charge on any atom is 0.0865 e. The lowest BCUT2D eigenvalue weighted by Crippen LogP contribution is -2.36. The molecule has 0 aliphatic carbocycles. The molecule has 0 aromatic carbocycles. The van der Waals surface area contributed by atoms with Crippen molar-refractivity contribution in [3.05, 3.63) is 0 Å². The van der Waals surface area contributed by atoms with E-state index in [1.807, 2.05) is 7.05 Å². The average Bonchev–Trinajstić information content (AvgIpc) is 2.09. The van der Waals surface area contributed by atoms with Gasteiger partial charge < -0.3 is 5.32 Å². The first-order valence-corrected chi connectivity index (χ1v) is 4.60. The van der Waals surface area contributed by atoms with Gasteiger partial charge in [-0.15, -0.1) is 0 Å². The summed E-state index contributed by atoms with van der Waals surface area (Å²) >= 11 is 0. The van der Waals surface area contributed by atoms with Crippen LogP contribution in [0.4, 0.5) is 0 Å². The topological polar surface area (TPSA) is 39.1 Å². The number of piperidine rings is 1. The summed E-state index contributed by atoms with van der Waals surface area (Å²) in [6.45, 7) is 3.92. The summed E-state index contributed by atoms with van der Waals surface area (Å²) in [5.41, 5.74) is 0. The number of hydrogen-bond donors (Lipinski definition) is 1. The summed E-state index contributed by atoms with van der Waals surface area (Å²) in [6, 6.07) is 2.19. The van der Waals surface area contributed by atoms with Gasteiger partial charge in [0.25, 0.3) is 0 Å². The van der Waals surface area contributed by atoms with Gasteiger partial charge in [-0.2, -0.15) is 5.26 Å². The number of nitriles is 1. The molecule has 12 heavy (non-hydrogen) atoms. The molecule has 0 radical (unpaired) electrons. The Balaban J connectivity index is 2.16. The van der Waals surface area contributed by atoms with Crippen molar-refractivity contribution in [2.45, 2.75) is 12.8 Å². The van der Waals surface area contributed by atoms with Crippen molar-refractivity contribution >= 4 is 0 Å². The minimum atomic E-state index is 0.603. The highest BCUT2D eigenvalue weighted by Gasteiger charge is 2.17. The van der Waals surface area contributed by atoms with Crippen LogP contribution in [0.2, 0.25) is 0 Å². The fraction of sp³-hybridized carbons (Fsp3) is 0.889. The lowest BCUT2D eigenvalue weighted by atomic mass is 9.97. The Labute approximate surface area is 74.4 Å². The van der Waals surface area contributed by atoms with Crippen molar-refractivity contribution < 1.29 is 0 Å². The Morgan fingerprint density at radius 2 is 2.17 bits per heavy atom. The van der Waals surface area contributed by atoms with E-state index in [-0.39, 0.29) is 0 Å². The second kappa shape index (κ2) is 5.13. The summed E-state index contributed by atoms with van der Waals surface area (Å²) in [6.07, 6.45) is 2.48. The van der Waals surface area contributed by atoms with Gasteiger partial charge in [0.05, 0.1) is 12.6 Å². The van der Waals surface area contributed by atoms with E-state index in [1.165, 1.54) is 12.8 Å². The lowest BCUT2D eigenvalue weighted by molar-refractivity contribution is 0.202. The van der Waals surface area contributed by atoms with Crippen LogP contribution in [-0.2, 0) is 0 Å². The van der Waals surface area contributed by atoms with Crippen LogP contribution in [0.5, 0.6) is 0 Å². The molecule has 1 aliphatic rings. The van der Waals surface area contributed by atoms with Gasteiger partial charge in [-0.25, -0.2) is 0 Å². The van der Waals surface area contributed by atoms with Crippen LogP contribution in [0.15, 0.2) is 0 Å². The zero-order valence-electron chi connectivity index (χ0n) is 7.71. The maximum atomic E-state index is 8.48. The molecule has 1 fully saturated rings. The summed E-state index contributed by atoms with van der Waals surface area (Å²) in [7, 11) is 2.00. The minimum absolute atomic E-state index is 0.603. The smallest absolute Gasteiger partial charge is 0.0865 e. The predicted molar refractivity (Wildman–Crippen MR) is 48.7 cm³/mol. The second-order valence-corrected chi connectivity index (χ2v) is 3.44. The molecule has 0 aromatic heterocycles. The van der Waals surface area contributed by atoms with E-state index >= 15 is 0 Å². The highest BCUT2D eigenvalue weighted by atomic mass is 15.1. The molecule has 0 bridgehead atoms. The monoisotopic (exact) mass is 167 g/mol. The molecule has 3 nitrogen and oxygen atoms in total. The predicted octanol–water partition coefficient (Wildman–Crippen LogP) is 0.441. The molecule has 1 saturated heterocycles. The number of likely N-dealkylation sites (tertiary alicyclic amines) is 1. The van der Waals surface area contributed by atoms with Crippen LogP contribution >= 0.6 is 0 Å². The van der Waals surface area contributed by atoms with Crippen LogP contribution < -0.4 is 5.32 Å². The SMILES string of the molecule is CNCC1CCN(CC#N)CC1. The Morgan fingerprint density at radius 1 is 1.50 bits per heavy atom. The largest absolute Gasteiger partial charge is 0.319 e. The molecule has 0 amide bonds. The molecule has 0 atom stereocenters. The zero-order valence-corrected chi connectivity index (χ0v) is 7.71. The van der Waals surface area contributed by atoms with Crippen molar-refractivity contribution in [2.24, 2.45) is 5.92 Å². The van der Waals surface area contributed by atoms with Gasteiger partial charge >= 0.3 is 0 Å². The van der Waals surface area contributed by atoms with Crippen LogP contribution in [-0.4, -0.2) is 38.1 Å². The summed E-state index contributed by atoms with van der Waals surface area (Å²) in [4.78, 5) is 2.23. The zero-order chi connectivity index (χ0) is 8.81. The molecule has 0 saturated carbocycles. The van der Waals surface area contributed by atoms with Crippen molar-refractivity contribution in [2.75, 3.05) is 33.2 Å². The highest BCUT2D eigenvalue weighted by molar-refractivity contribution is 4.81. The van der Waals surface area contributed by atoms with E-state index < -0.39 is 0 Å². The molecular weight excluding hydrogens is 150 g/mol. The third-order valence-electron chi connectivity index (χ3n) is 2.49. The van der Waals surface area contributed by atoms with Crippen LogP contribution in [0.25, 0.3) is 0 Å². The lowest BCUT2D eigenvalue weighted by Gasteiger charge is -2.29. The van der Waals surface area contributed by atoms with Gasteiger partial charge in [-0.1, -0.05) is 0 Å². The van der Waals surface area contributed by atoms with Gasteiger partial charge in [0.15, 0.2) is 0 Å². The second-order valence-electron chi connectivity index (χ2n) is 3.44. The van der Waals surface area contributed by atoms with Crippen LogP contribution in [0.3, 0.4) is 0 Å². The number of rotatable bonds is 3. The third-order valence-corrected chi connectivity index (χ3v) is 2.49. The first-order chi connectivity index (χ1) is 5.86. The van der Waals surface area contributed by atoms with Gasteiger partial charge in [0.1, 0.15) is 0 Å². The average molecular weight is 167 g/mol. The van der Waals surface area contributed by atoms with E-state index in [1.54, 1.807) is 0 Å². The third kappa shape index (κ3) is 2.80. The number of nitrogens with one attached hydrogen (secondary N) is 1. The first kappa shape index (κ1) is 9.50. The number of hydrogen-bond acceptors (Lipinski definition) is 3. The van der Waals surface area contributed by atoms with E-state index in [2.05, 4.69) is 16.3 Å². The highest BCUT2D eigenvalue weighted by Crippen LogP contribution is 2.15. The van der Waals surface area contributed by atoms with E-state index in [4.69, 9.17) is 5.26 Å². The van der Waals surface area contributed by atoms with Crippen molar-refractivity contribution in [3.8, 4) is 6.07 Å². The van der Waals surface area contributed by atoms with Gasteiger partial charge in [0, 0.05) is 0 Å². The fourth-order valence-electron chi connectivity index (χ4n) is 1.74. The maximum absolute atomic E-state index is 8.48. The first-order valence-electron chi connectivity index (χ1n) is 4.60. The van der Waals surface area contributed by atoms with Gasteiger partial charge in [0.2, 0.25) is 0 Å². The van der Waals surface area contributed by atoms with Gasteiger partial charge in [-0.3, -0.25) is 4.90 Å². The Hall–Kier alpha value is -0.590. The van der Waals surface area contributed by atoms with Crippen molar-refractivity contribution in [1.29, 1.82) is 5.26 Å². The van der Waals surface area contributed by atoms with Gasteiger partial charge in [-0.05, 0) is 45.4 Å².